The molecule has 0 saturated carbocycles. The Labute approximate surface area is 191 Å². The molecule has 1 saturated heterocycles. The number of rotatable bonds is 5. The molecule has 164 valence electrons. The smallest absolute Gasteiger partial charge is 0.338 e. The highest BCUT2D eigenvalue weighted by molar-refractivity contribution is 8.03. The van der Waals surface area contributed by atoms with E-state index in [0.29, 0.717) is 41.1 Å². The summed E-state index contributed by atoms with van der Waals surface area (Å²) in [5, 5.41) is 10.7. The van der Waals surface area contributed by atoms with Crippen molar-refractivity contribution in [2.24, 2.45) is 0 Å². The van der Waals surface area contributed by atoms with Gasteiger partial charge in [-0.25, -0.2) is 4.79 Å². The average Bonchev–Trinajstić information content (AvgIpc) is 2.84. The molecule has 0 bridgehead atoms. The maximum atomic E-state index is 13.1. The minimum Gasteiger partial charge on any atom is -0.496 e. The van der Waals surface area contributed by atoms with E-state index in [4.69, 9.17) is 9.47 Å². The summed E-state index contributed by atoms with van der Waals surface area (Å²) in [6.07, 6.45) is 0.211. The summed E-state index contributed by atoms with van der Waals surface area (Å²) < 4.78 is 10.5. The summed E-state index contributed by atoms with van der Waals surface area (Å²) in [6, 6.07) is 17.0. The van der Waals surface area contributed by atoms with Crippen LogP contribution in [-0.2, 0) is 9.53 Å². The minimum absolute atomic E-state index is 0.0322. The zero-order chi connectivity index (χ0) is 22.7. The van der Waals surface area contributed by atoms with Crippen molar-refractivity contribution in [3.8, 4) is 11.8 Å². The normalized spacial score (nSPS) is 18.2. The molecule has 0 radical (unpaired) electrons. The Balaban J connectivity index is 1.59. The molecular weight excluding hydrogens is 426 g/mol. The summed E-state index contributed by atoms with van der Waals surface area (Å²) in [5.41, 5.74) is 2.82. The average molecular weight is 450 g/mol. The van der Waals surface area contributed by atoms with E-state index in [1.54, 1.807) is 31.1 Å². The van der Waals surface area contributed by atoms with E-state index in [9.17, 15) is 14.9 Å². The van der Waals surface area contributed by atoms with Gasteiger partial charge in [0.15, 0.2) is 0 Å². The molecule has 1 atom stereocenters. The molecule has 0 spiro atoms. The number of nitriles is 1. The van der Waals surface area contributed by atoms with Crippen molar-refractivity contribution in [1.29, 1.82) is 5.26 Å². The molecule has 0 unspecified atom stereocenters. The third kappa shape index (κ3) is 4.04. The number of carbonyl (C=O) groups excluding carboxylic acids is 2. The highest BCUT2D eigenvalue weighted by Gasteiger charge is 2.39. The quantitative estimate of drug-likeness (QED) is 0.636. The number of nitrogens with zero attached hydrogens (tertiary/aromatic N) is 3. The molecule has 2 heterocycles. The van der Waals surface area contributed by atoms with Crippen molar-refractivity contribution in [2.45, 2.75) is 19.3 Å². The van der Waals surface area contributed by atoms with Crippen LogP contribution in [0.2, 0.25) is 0 Å². The lowest BCUT2D eigenvalue weighted by atomic mass is 9.86. The molecule has 32 heavy (non-hydrogen) atoms. The van der Waals surface area contributed by atoms with E-state index in [2.05, 4.69) is 6.07 Å². The maximum Gasteiger partial charge on any atom is 0.338 e. The minimum atomic E-state index is -0.357. The van der Waals surface area contributed by atoms with Crippen molar-refractivity contribution in [2.75, 3.05) is 31.2 Å². The number of thioether (sulfide) groups is 1. The lowest BCUT2D eigenvalue weighted by molar-refractivity contribution is -0.129. The lowest BCUT2D eigenvalue weighted by Gasteiger charge is -2.42. The number of ether oxygens (including phenoxy) is 2. The fraction of sp³-hybridized carbons (Fsp3) is 0.292. The van der Waals surface area contributed by atoms with E-state index < -0.39 is 0 Å². The Morgan fingerprint density at radius 1 is 1.22 bits per heavy atom. The predicted octanol–water partition coefficient (Wildman–Crippen LogP) is 4.09. The van der Waals surface area contributed by atoms with Crippen LogP contribution < -0.4 is 9.64 Å². The number of para-hydroxylation sites is 1. The van der Waals surface area contributed by atoms with Crippen LogP contribution >= 0.6 is 11.8 Å². The summed E-state index contributed by atoms with van der Waals surface area (Å²) in [7, 11) is 1.59. The number of hydrogen-bond acceptors (Lipinski definition) is 7. The molecule has 2 aromatic rings. The van der Waals surface area contributed by atoms with Gasteiger partial charge in [0.05, 0.1) is 48.5 Å². The molecule has 1 amide bonds. The third-order valence-electron chi connectivity index (χ3n) is 5.55. The van der Waals surface area contributed by atoms with Crippen LogP contribution in [-0.4, -0.2) is 43.0 Å². The molecule has 2 aromatic carbocycles. The Morgan fingerprint density at radius 3 is 2.66 bits per heavy atom. The fourth-order valence-corrected chi connectivity index (χ4v) is 5.14. The van der Waals surface area contributed by atoms with Crippen LogP contribution in [0, 0.1) is 11.3 Å². The van der Waals surface area contributed by atoms with E-state index in [0.717, 1.165) is 11.3 Å². The Kier molecular flexibility index (Phi) is 6.37. The van der Waals surface area contributed by atoms with Crippen LogP contribution in [0.4, 0.5) is 5.69 Å². The van der Waals surface area contributed by atoms with Crippen LogP contribution in [0.3, 0.4) is 0 Å². The Hall–Kier alpha value is -3.44. The zero-order valence-electron chi connectivity index (χ0n) is 17.9. The highest BCUT2D eigenvalue weighted by atomic mass is 32.2. The zero-order valence-corrected chi connectivity index (χ0v) is 18.7. The van der Waals surface area contributed by atoms with Crippen molar-refractivity contribution in [1.82, 2.24) is 4.90 Å². The molecular formula is C24H23N3O4S. The molecule has 0 N–H and O–H groups in total. The maximum absolute atomic E-state index is 13.1. The van der Waals surface area contributed by atoms with Crippen LogP contribution in [0.1, 0.15) is 35.2 Å². The van der Waals surface area contributed by atoms with Crippen LogP contribution in [0.5, 0.6) is 5.75 Å². The van der Waals surface area contributed by atoms with Gasteiger partial charge >= 0.3 is 5.97 Å². The number of benzene rings is 2. The van der Waals surface area contributed by atoms with Gasteiger partial charge in [-0.1, -0.05) is 30.0 Å². The molecule has 2 aliphatic heterocycles. The van der Waals surface area contributed by atoms with Gasteiger partial charge in [0.2, 0.25) is 5.91 Å². The summed E-state index contributed by atoms with van der Waals surface area (Å²) in [5.74, 6) is 0.552. The number of fused-ring (bicyclic) bond motifs is 1. The second-order valence-corrected chi connectivity index (χ2v) is 8.31. The van der Waals surface area contributed by atoms with Gasteiger partial charge in [-0.05, 0) is 37.3 Å². The summed E-state index contributed by atoms with van der Waals surface area (Å²) >= 11 is 1.47. The number of methoxy groups -OCH3 is 1. The predicted molar refractivity (Wildman–Crippen MR) is 122 cm³/mol. The number of amides is 1. The van der Waals surface area contributed by atoms with Gasteiger partial charge in [-0.3, -0.25) is 9.69 Å². The van der Waals surface area contributed by atoms with E-state index in [1.807, 2.05) is 41.3 Å². The number of allylic oxidation sites excluding steroid dienone is 1. The number of carbonyl (C=O) groups is 2. The van der Waals surface area contributed by atoms with Gasteiger partial charge in [0.25, 0.3) is 0 Å². The van der Waals surface area contributed by atoms with Gasteiger partial charge in [0.1, 0.15) is 5.75 Å². The number of hydrogen-bond donors (Lipinski definition) is 0. The fourth-order valence-electron chi connectivity index (χ4n) is 3.97. The lowest BCUT2D eigenvalue weighted by Crippen LogP contribution is -2.47. The first-order valence-corrected chi connectivity index (χ1v) is 11.3. The van der Waals surface area contributed by atoms with Gasteiger partial charge < -0.3 is 14.4 Å². The van der Waals surface area contributed by atoms with Gasteiger partial charge in [-0.2, -0.15) is 5.26 Å². The molecule has 8 heteroatoms. The molecule has 0 aromatic heterocycles. The largest absolute Gasteiger partial charge is 0.496 e. The van der Waals surface area contributed by atoms with Gasteiger partial charge in [-0.15, -0.1) is 0 Å². The molecule has 2 aliphatic rings. The molecule has 1 fully saturated rings. The number of esters is 1. The molecule has 4 rings (SSSR count). The van der Waals surface area contributed by atoms with Crippen molar-refractivity contribution in [3.63, 3.8) is 0 Å². The monoisotopic (exact) mass is 449 g/mol. The molecule has 0 aliphatic carbocycles. The topological polar surface area (TPSA) is 82.9 Å². The SMILES string of the molecule is CCOC(=O)c1ccc(N2CSC3=C(C#N)[C@H](c4ccccc4OC)CC(=O)N3C2)cc1. The first-order chi connectivity index (χ1) is 15.6. The Bertz CT molecular complexity index is 1110. The van der Waals surface area contributed by atoms with Crippen molar-refractivity contribution >= 4 is 29.3 Å². The van der Waals surface area contributed by atoms with E-state index in [1.165, 1.54) is 11.8 Å². The Morgan fingerprint density at radius 2 is 1.97 bits per heavy atom. The van der Waals surface area contributed by atoms with Gasteiger partial charge in [0, 0.05) is 23.6 Å². The standard InChI is InChI=1S/C24H23N3O4S/c1-3-31-24(29)16-8-10-17(11-9-16)26-14-27-22(28)12-19(20(13-25)23(27)32-15-26)18-6-4-5-7-21(18)30-2/h4-11,19H,3,12,14-15H2,1-2H3/t19-/m0/s1. The third-order valence-corrected chi connectivity index (χ3v) is 6.71. The highest BCUT2D eigenvalue weighted by Crippen LogP contribution is 2.45. The summed E-state index contributed by atoms with van der Waals surface area (Å²) in [4.78, 5) is 28.7. The van der Waals surface area contributed by atoms with E-state index >= 15 is 0 Å². The first-order valence-electron chi connectivity index (χ1n) is 10.3. The molecule has 7 nitrogen and oxygen atoms in total. The summed E-state index contributed by atoms with van der Waals surface area (Å²) in [6.45, 7) is 2.45. The van der Waals surface area contributed by atoms with Crippen LogP contribution in [0.15, 0.2) is 59.1 Å². The van der Waals surface area contributed by atoms with E-state index in [-0.39, 0.29) is 24.2 Å². The van der Waals surface area contributed by atoms with Crippen LogP contribution in [0.25, 0.3) is 0 Å². The second kappa shape index (κ2) is 9.37. The first kappa shape index (κ1) is 21.8. The number of anilines is 1. The van der Waals surface area contributed by atoms with Crippen molar-refractivity contribution < 1.29 is 19.1 Å². The second-order valence-electron chi connectivity index (χ2n) is 7.37. The van der Waals surface area contributed by atoms with Crippen molar-refractivity contribution in [3.05, 3.63) is 70.3 Å².